The van der Waals surface area contributed by atoms with Crippen LogP contribution in [0.25, 0.3) is 0 Å². The minimum atomic E-state index is -0.727. The molecule has 3 rings (SSSR count). The highest BCUT2D eigenvalue weighted by atomic mass is 35.5. The maximum atomic E-state index is 12.6. The number of benzene rings is 2. The van der Waals surface area contributed by atoms with Crippen molar-refractivity contribution >= 4 is 23.4 Å². The topological polar surface area (TPSA) is 72.6 Å². The van der Waals surface area contributed by atoms with Gasteiger partial charge in [0, 0.05) is 23.7 Å². The number of ether oxygens (including phenoxy) is 1. The van der Waals surface area contributed by atoms with Gasteiger partial charge in [0.1, 0.15) is 5.75 Å². The second-order valence-electron chi connectivity index (χ2n) is 6.57. The first-order valence-electron chi connectivity index (χ1n) is 8.50. The van der Waals surface area contributed by atoms with Crippen molar-refractivity contribution < 1.29 is 14.3 Å². The molecule has 26 heavy (non-hydrogen) atoms. The Bertz CT molecular complexity index is 797. The summed E-state index contributed by atoms with van der Waals surface area (Å²) < 4.78 is 5.39. The molecule has 2 aromatic carbocycles. The molecule has 0 bridgehead atoms. The van der Waals surface area contributed by atoms with Gasteiger partial charge in [0.2, 0.25) is 5.91 Å². The average molecular weight is 373 g/mol. The van der Waals surface area contributed by atoms with Crippen LogP contribution < -0.4 is 10.5 Å². The molecule has 1 heterocycles. The lowest BCUT2D eigenvalue weighted by Crippen LogP contribution is -2.64. The summed E-state index contributed by atoms with van der Waals surface area (Å²) in [6, 6.07) is 14.3. The number of likely N-dealkylation sites (tertiary alicyclic amines) is 1. The molecule has 2 aromatic rings. The fraction of sp³-hybridized carbons (Fsp3) is 0.300. The lowest BCUT2D eigenvalue weighted by atomic mass is 9.74. The smallest absolute Gasteiger partial charge is 0.253 e. The van der Waals surface area contributed by atoms with Crippen LogP contribution in [0, 0.1) is 5.41 Å². The summed E-state index contributed by atoms with van der Waals surface area (Å²) in [4.78, 5) is 26.3. The standard InChI is InChI=1S/C20H21ClN2O3/c1-2-26-17-9-5-15(6-10-17)18(24)23-12-20(13-23,19(22)25)11-14-3-7-16(21)8-4-14/h3-10H,2,11-13H2,1H3,(H2,22,25). The number of carbonyl (C=O) groups is 2. The third-order valence-corrected chi connectivity index (χ3v) is 4.92. The Morgan fingerprint density at radius 3 is 2.27 bits per heavy atom. The summed E-state index contributed by atoms with van der Waals surface area (Å²) >= 11 is 5.90. The largest absolute Gasteiger partial charge is 0.494 e. The van der Waals surface area contributed by atoms with Gasteiger partial charge in [-0.25, -0.2) is 0 Å². The van der Waals surface area contributed by atoms with Gasteiger partial charge in [-0.15, -0.1) is 0 Å². The molecular weight excluding hydrogens is 352 g/mol. The van der Waals surface area contributed by atoms with Gasteiger partial charge in [-0.05, 0) is 55.3 Å². The van der Waals surface area contributed by atoms with Crippen LogP contribution in [0.1, 0.15) is 22.8 Å². The van der Waals surface area contributed by atoms with E-state index in [1.54, 1.807) is 41.3 Å². The number of carbonyl (C=O) groups excluding carboxylic acids is 2. The van der Waals surface area contributed by atoms with Gasteiger partial charge >= 0.3 is 0 Å². The fourth-order valence-corrected chi connectivity index (χ4v) is 3.34. The molecule has 6 heteroatoms. The minimum absolute atomic E-state index is 0.110. The number of nitrogens with zero attached hydrogens (tertiary/aromatic N) is 1. The van der Waals surface area contributed by atoms with Crippen molar-refractivity contribution in [2.45, 2.75) is 13.3 Å². The normalized spacial score (nSPS) is 15.2. The Balaban J connectivity index is 1.68. The zero-order valence-electron chi connectivity index (χ0n) is 14.6. The highest BCUT2D eigenvalue weighted by molar-refractivity contribution is 6.30. The Morgan fingerprint density at radius 2 is 1.73 bits per heavy atom. The molecule has 0 saturated carbocycles. The fourth-order valence-electron chi connectivity index (χ4n) is 3.22. The molecule has 0 aliphatic carbocycles. The van der Waals surface area contributed by atoms with E-state index in [1.807, 2.05) is 19.1 Å². The van der Waals surface area contributed by atoms with Crippen molar-refractivity contribution in [2.24, 2.45) is 11.1 Å². The number of rotatable bonds is 6. The van der Waals surface area contributed by atoms with Crippen molar-refractivity contribution in [2.75, 3.05) is 19.7 Å². The summed E-state index contributed by atoms with van der Waals surface area (Å²) in [5.41, 5.74) is 6.46. The quantitative estimate of drug-likeness (QED) is 0.847. The monoisotopic (exact) mass is 372 g/mol. The maximum absolute atomic E-state index is 12.6. The molecule has 2 N–H and O–H groups in total. The number of nitrogens with two attached hydrogens (primary N) is 1. The molecule has 0 unspecified atom stereocenters. The minimum Gasteiger partial charge on any atom is -0.494 e. The van der Waals surface area contributed by atoms with Crippen molar-refractivity contribution in [3.63, 3.8) is 0 Å². The van der Waals surface area contributed by atoms with Crippen LogP contribution >= 0.6 is 11.6 Å². The van der Waals surface area contributed by atoms with Crippen LogP contribution in [0.2, 0.25) is 5.02 Å². The van der Waals surface area contributed by atoms with Crippen LogP contribution in [0.3, 0.4) is 0 Å². The molecule has 5 nitrogen and oxygen atoms in total. The van der Waals surface area contributed by atoms with E-state index < -0.39 is 5.41 Å². The molecule has 1 fully saturated rings. The number of halogens is 1. The van der Waals surface area contributed by atoms with E-state index in [2.05, 4.69) is 0 Å². The van der Waals surface area contributed by atoms with E-state index in [-0.39, 0.29) is 11.8 Å². The number of hydrogen-bond donors (Lipinski definition) is 1. The molecule has 0 aromatic heterocycles. The molecule has 136 valence electrons. The van der Waals surface area contributed by atoms with Gasteiger partial charge in [-0.2, -0.15) is 0 Å². The zero-order valence-corrected chi connectivity index (χ0v) is 15.3. The lowest BCUT2D eigenvalue weighted by molar-refractivity contribution is -0.135. The van der Waals surface area contributed by atoms with Gasteiger partial charge in [-0.3, -0.25) is 9.59 Å². The van der Waals surface area contributed by atoms with Crippen LogP contribution in [0.4, 0.5) is 0 Å². The third-order valence-electron chi connectivity index (χ3n) is 4.66. The zero-order chi connectivity index (χ0) is 18.7. The highest BCUT2D eigenvalue weighted by Crippen LogP contribution is 2.35. The predicted molar refractivity (Wildman–Crippen MR) is 100 cm³/mol. The van der Waals surface area contributed by atoms with Crippen molar-refractivity contribution in [1.29, 1.82) is 0 Å². The van der Waals surface area contributed by atoms with E-state index in [1.165, 1.54) is 0 Å². The van der Waals surface area contributed by atoms with E-state index in [0.29, 0.717) is 36.7 Å². The summed E-state index contributed by atoms with van der Waals surface area (Å²) in [7, 11) is 0. The number of primary amides is 1. The first-order valence-corrected chi connectivity index (χ1v) is 8.88. The van der Waals surface area contributed by atoms with E-state index in [4.69, 9.17) is 22.1 Å². The molecule has 0 radical (unpaired) electrons. The molecule has 1 aliphatic rings. The Morgan fingerprint density at radius 1 is 1.12 bits per heavy atom. The van der Waals surface area contributed by atoms with E-state index >= 15 is 0 Å². The highest BCUT2D eigenvalue weighted by Gasteiger charge is 2.49. The SMILES string of the molecule is CCOc1ccc(C(=O)N2CC(Cc3ccc(Cl)cc3)(C(N)=O)C2)cc1. The van der Waals surface area contributed by atoms with Gasteiger partial charge in [0.05, 0.1) is 12.0 Å². The second kappa shape index (κ2) is 7.38. The van der Waals surface area contributed by atoms with E-state index in [9.17, 15) is 9.59 Å². The van der Waals surface area contributed by atoms with E-state index in [0.717, 1.165) is 11.3 Å². The Labute approximate surface area is 157 Å². The summed E-state index contributed by atoms with van der Waals surface area (Å²) in [6.07, 6.45) is 0.493. The van der Waals surface area contributed by atoms with Crippen molar-refractivity contribution in [1.82, 2.24) is 4.90 Å². The Hall–Kier alpha value is -2.53. The average Bonchev–Trinajstić information content (AvgIpc) is 2.59. The summed E-state index contributed by atoms with van der Waals surface area (Å²) in [5.74, 6) is 0.228. The molecule has 2 amide bonds. The molecule has 1 saturated heterocycles. The number of hydrogen-bond acceptors (Lipinski definition) is 3. The van der Waals surface area contributed by atoms with Gasteiger partial charge < -0.3 is 15.4 Å². The lowest BCUT2D eigenvalue weighted by Gasteiger charge is -2.48. The molecule has 0 spiro atoms. The van der Waals surface area contributed by atoms with Crippen LogP contribution in [-0.2, 0) is 11.2 Å². The first-order chi connectivity index (χ1) is 12.4. The summed E-state index contributed by atoms with van der Waals surface area (Å²) in [6.45, 7) is 3.11. The van der Waals surface area contributed by atoms with Gasteiger partial charge in [0.15, 0.2) is 0 Å². The molecular formula is C20H21ClN2O3. The second-order valence-corrected chi connectivity index (χ2v) is 7.00. The third kappa shape index (κ3) is 3.68. The van der Waals surface area contributed by atoms with Crippen molar-refractivity contribution in [3.8, 4) is 5.75 Å². The van der Waals surface area contributed by atoms with Gasteiger partial charge in [0.25, 0.3) is 5.91 Å². The number of amides is 2. The maximum Gasteiger partial charge on any atom is 0.253 e. The molecule has 1 aliphatic heterocycles. The Kier molecular flexibility index (Phi) is 5.18. The van der Waals surface area contributed by atoms with Gasteiger partial charge in [-0.1, -0.05) is 23.7 Å². The summed E-state index contributed by atoms with van der Waals surface area (Å²) in [5, 5.41) is 0.641. The van der Waals surface area contributed by atoms with Crippen LogP contribution in [0.5, 0.6) is 5.75 Å². The predicted octanol–water partition coefficient (Wildman–Crippen LogP) is 2.91. The van der Waals surface area contributed by atoms with Crippen molar-refractivity contribution in [3.05, 3.63) is 64.7 Å². The first kappa shape index (κ1) is 18.3. The van der Waals surface area contributed by atoms with Crippen LogP contribution in [-0.4, -0.2) is 36.4 Å². The molecule has 0 atom stereocenters. The van der Waals surface area contributed by atoms with Crippen LogP contribution in [0.15, 0.2) is 48.5 Å².